The highest BCUT2D eigenvalue weighted by Crippen LogP contribution is 2.08. The molecule has 0 unspecified atom stereocenters. The molecular formula is C14H21N5. The molecule has 19 heavy (non-hydrogen) atoms. The number of imidazole rings is 1. The van der Waals surface area contributed by atoms with E-state index in [0.717, 1.165) is 24.4 Å². The Morgan fingerprint density at radius 2 is 2.05 bits per heavy atom. The number of nitrogens with two attached hydrogens (primary N) is 1. The van der Waals surface area contributed by atoms with Crippen molar-refractivity contribution in [1.29, 1.82) is 0 Å². The predicted octanol–water partition coefficient (Wildman–Crippen LogP) is 1.80. The SMILES string of the molecule is CCN(CC)C(N)=NCc1cn2cc(C)ccc2n1. The summed E-state index contributed by atoms with van der Waals surface area (Å²) in [7, 11) is 0. The topological polar surface area (TPSA) is 58.9 Å². The Kier molecular flexibility index (Phi) is 4.04. The molecule has 0 atom stereocenters. The van der Waals surface area contributed by atoms with Crippen LogP contribution in [-0.4, -0.2) is 33.3 Å². The number of pyridine rings is 1. The van der Waals surface area contributed by atoms with Crippen LogP contribution < -0.4 is 5.73 Å². The first-order valence-corrected chi connectivity index (χ1v) is 6.63. The summed E-state index contributed by atoms with van der Waals surface area (Å²) < 4.78 is 2.02. The number of aryl methyl sites for hydroxylation is 1. The van der Waals surface area contributed by atoms with Crippen molar-refractivity contribution < 1.29 is 0 Å². The smallest absolute Gasteiger partial charge is 0.191 e. The van der Waals surface area contributed by atoms with Crippen molar-refractivity contribution in [3.05, 3.63) is 35.8 Å². The molecule has 0 aromatic carbocycles. The summed E-state index contributed by atoms with van der Waals surface area (Å²) in [4.78, 5) is 10.9. The van der Waals surface area contributed by atoms with E-state index in [1.807, 2.05) is 21.6 Å². The van der Waals surface area contributed by atoms with Crippen LogP contribution in [0.1, 0.15) is 25.1 Å². The van der Waals surface area contributed by atoms with Gasteiger partial charge in [0.2, 0.25) is 0 Å². The fourth-order valence-corrected chi connectivity index (χ4v) is 2.04. The van der Waals surface area contributed by atoms with E-state index in [1.54, 1.807) is 0 Å². The average Bonchev–Trinajstić information content (AvgIpc) is 2.79. The van der Waals surface area contributed by atoms with Gasteiger partial charge in [0.25, 0.3) is 0 Å². The molecule has 0 spiro atoms. The van der Waals surface area contributed by atoms with Crippen molar-refractivity contribution in [2.75, 3.05) is 13.1 Å². The third-order valence-electron chi connectivity index (χ3n) is 3.14. The number of nitrogens with zero attached hydrogens (tertiary/aromatic N) is 4. The first-order valence-electron chi connectivity index (χ1n) is 6.63. The molecule has 2 aromatic heterocycles. The van der Waals surface area contributed by atoms with Gasteiger partial charge in [-0.05, 0) is 32.4 Å². The summed E-state index contributed by atoms with van der Waals surface area (Å²) in [6.45, 7) is 8.46. The van der Waals surface area contributed by atoms with E-state index < -0.39 is 0 Å². The molecule has 2 N–H and O–H groups in total. The zero-order valence-corrected chi connectivity index (χ0v) is 11.8. The molecule has 2 aromatic rings. The number of rotatable bonds is 4. The number of hydrogen-bond donors (Lipinski definition) is 1. The molecule has 0 aliphatic heterocycles. The lowest BCUT2D eigenvalue weighted by Crippen LogP contribution is -2.37. The zero-order valence-electron chi connectivity index (χ0n) is 11.8. The maximum Gasteiger partial charge on any atom is 0.191 e. The van der Waals surface area contributed by atoms with E-state index >= 15 is 0 Å². The van der Waals surface area contributed by atoms with Crippen LogP contribution in [0.25, 0.3) is 5.65 Å². The quantitative estimate of drug-likeness (QED) is 0.673. The molecule has 0 bridgehead atoms. The Morgan fingerprint density at radius 1 is 1.32 bits per heavy atom. The molecule has 0 aliphatic carbocycles. The minimum Gasteiger partial charge on any atom is -0.370 e. The highest BCUT2D eigenvalue weighted by molar-refractivity contribution is 5.77. The van der Waals surface area contributed by atoms with E-state index in [1.165, 1.54) is 5.56 Å². The summed E-state index contributed by atoms with van der Waals surface area (Å²) >= 11 is 0. The molecule has 0 fully saturated rings. The van der Waals surface area contributed by atoms with Crippen molar-refractivity contribution in [2.45, 2.75) is 27.3 Å². The van der Waals surface area contributed by atoms with Crippen molar-refractivity contribution in [1.82, 2.24) is 14.3 Å². The van der Waals surface area contributed by atoms with Crippen LogP contribution in [0.4, 0.5) is 0 Å². The van der Waals surface area contributed by atoms with Gasteiger partial charge in [0.15, 0.2) is 5.96 Å². The lowest BCUT2D eigenvalue weighted by Gasteiger charge is -2.18. The maximum absolute atomic E-state index is 5.95. The van der Waals surface area contributed by atoms with Crippen molar-refractivity contribution in [3.63, 3.8) is 0 Å². The number of aromatic nitrogens is 2. The second kappa shape index (κ2) is 5.73. The fraction of sp³-hybridized carbons (Fsp3) is 0.429. The van der Waals surface area contributed by atoms with Crippen LogP contribution >= 0.6 is 0 Å². The normalized spacial score (nSPS) is 12.1. The van der Waals surface area contributed by atoms with Gasteiger partial charge in [-0.3, -0.25) is 0 Å². The molecule has 0 saturated carbocycles. The van der Waals surface area contributed by atoms with Gasteiger partial charge in [-0.2, -0.15) is 0 Å². The molecule has 5 nitrogen and oxygen atoms in total. The molecule has 102 valence electrons. The predicted molar refractivity (Wildman–Crippen MR) is 78.2 cm³/mol. The van der Waals surface area contributed by atoms with Crippen LogP contribution in [-0.2, 0) is 6.54 Å². The minimum absolute atomic E-state index is 0.517. The minimum atomic E-state index is 0.517. The summed E-state index contributed by atoms with van der Waals surface area (Å²) in [5.74, 6) is 0.582. The van der Waals surface area contributed by atoms with E-state index in [-0.39, 0.29) is 0 Å². The highest BCUT2D eigenvalue weighted by Gasteiger charge is 2.04. The van der Waals surface area contributed by atoms with E-state index in [9.17, 15) is 0 Å². The Labute approximate surface area is 113 Å². The summed E-state index contributed by atoms with van der Waals surface area (Å²) in [6, 6.07) is 4.07. The number of hydrogen-bond acceptors (Lipinski definition) is 2. The number of guanidine groups is 1. The first kappa shape index (κ1) is 13.4. The van der Waals surface area contributed by atoms with Crippen molar-refractivity contribution >= 4 is 11.6 Å². The van der Waals surface area contributed by atoms with Crippen LogP contribution in [0.5, 0.6) is 0 Å². The molecule has 5 heteroatoms. The van der Waals surface area contributed by atoms with E-state index in [0.29, 0.717) is 12.5 Å². The van der Waals surface area contributed by atoms with E-state index in [4.69, 9.17) is 5.73 Å². The van der Waals surface area contributed by atoms with Gasteiger partial charge < -0.3 is 15.0 Å². The third kappa shape index (κ3) is 3.05. The van der Waals surface area contributed by atoms with Crippen LogP contribution in [0, 0.1) is 6.92 Å². The molecule has 2 heterocycles. The Hall–Kier alpha value is -2.04. The van der Waals surface area contributed by atoms with Gasteiger partial charge in [0.05, 0.1) is 12.2 Å². The van der Waals surface area contributed by atoms with Gasteiger partial charge in [-0.15, -0.1) is 0 Å². The summed E-state index contributed by atoms with van der Waals surface area (Å²) in [5, 5.41) is 0. The van der Waals surface area contributed by atoms with Gasteiger partial charge in [0, 0.05) is 25.5 Å². The molecule has 2 rings (SSSR count). The molecule has 0 amide bonds. The van der Waals surface area contributed by atoms with E-state index in [2.05, 4.69) is 43.0 Å². The van der Waals surface area contributed by atoms with Gasteiger partial charge in [-0.25, -0.2) is 9.98 Å². The van der Waals surface area contributed by atoms with Crippen LogP contribution in [0.15, 0.2) is 29.5 Å². The lowest BCUT2D eigenvalue weighted by molar-refractivity contribution is 0.458. The maximum atomic E-state index is 5.95. The Balaban J connectivity index is 2.15. The molecular weight excluding hydrogens is 238 g/mol. The second-order valence-electron chi connectivity index (χ2n) is 4.55. The largest absolute Gasteiger partial charge is 0.370 e. The molecule has 0 saturated heterocycles. The van der Waals surface area contributed by atoms with Gasteiger partial charge in [0.1, 0.15) is 5.65 Å². The lowest BCUT2D eigenvalue weighted by atomic mass is 10.3. The highest BCUT2D eigenvalue weighted by atomic mass is 15.2. The van der Waals surface area contributed by atoms with Crippen LogP contribution in [0.2, 0.25) is 0 Å². The first-order chi connectivity index (χ1) is 9.13. The third-order valence-corrected chi connectivity index (χ3v) is 3.14. The monoisotopic (exact) mass is 259 g/mol. The van der Waals surface area contributed by atoms with Crippen LogP contribution in [0.3, 0.4) is 0 Å². The van der Waals surface area contributed by atoms with Crippen molar-refractivity contribution in [3.8, 4) is 0 Å². The fourth-order valence-electron chi connectivity index (χ4n) is 2.04. The molecule has 0 aliphatic rings. The Morgan fingerprint density at radius 3 is 2.74 bits per heavy atom. The summed E-state index contributed by atoms with van der Waals surface area (Å²) in [6.07, 6.45) is 4.06. The van der Waals surface area contributed by atoms with Gasteiger partial charge >= 0.3 is 0 Å². The standard InChI is InChI=1S/C14H21N5/c1-4-18(5-2)14(15)16-8-12-10-19-9-11(3)6-7-13(19)17-12/h6-7,9-10H,4-5,8H2,1-3H3,(H2,15,16). The average molecular weight is 259 g/mol. The molecule has 0 radical (unpaired) electrons. The second-order valence-corrected chi connectivity index (χ2v) is 4.55. The summed E-state index contributed by atoms with van der Waals surface area (Å²) in [5.41, 5.74) is 9.03. The number of aliphatic imine (C=N–C) groups is 1. The number of fused-ring (bicyclic) bond motifs is 1. The van der Waals surface area contributed by atoms with Gasteiger partial charge in [-0.1, -0.05) is 6.07 Å². The Bertz CT molecular complexity index is 581. The van der Waals surface area contributed by atoms with Crippen molar-refractivity contribution in [2.24, 2.45) is 10.7 Å². The zero-order chi connectivity index (χ0) is 13.8.